The SMILES string of the molecule is CN1CCC(CN(C)C(CN)CC(=O)NC(C)(C)C)CC1. The minimum absolute atomic E-state index is 0.0909. The lowest BCUT2D eigenvalue weighted by Crippen LogP contribution is -2.48. The van der Waals surface area contributed by atoms with Gasteiger partial charge in [0.05, 0.1) is 0 Å². The number of hydrogen-bond acceptors (Lipinski definition) is 4. The monoisotopic (exact) mass is 298 g/mol. The zero-order chi connectivity index (χ0) is 16.0. The van der Waals surface area contributed by atoms with E-state index < -0.39 is 0 Å². The third-order valence-corrected chi connectivity index (χ3v) is 4.22. The lowest BCUT2D eigenvalue weighted by Gasteiger charge is -2.35. The van der Waals surface area contributed by atoms with Crippen molar-refractivity contribution in [1.29, 1.82) is 0 Å². The van der Waals surface area contributed by atoms with Crippen LogP contribution in [0.2, 0.25) is 0 Å². The number of amides is 1. The molecule has 0 bridgehead atoms. The topological polar surface area (TPSA) is 61.6 Å². The van der Waals surface area contributed by atoms with E-state index in [1.165, 1.54) is 25.9 Å². The Morgan fingerprint density at radius 1 is 1.38 bits per heavy atom. The maximum Gasteiger partial charge on any atom is 0.222 e. The molecule has 21 heavy (non-hydrogen) atoms. The number of nitrogens with one attached hydrogen (secondary N) is 1. The van der Waals surface area contributed by atoms with E-state index in [0.717, 1.165) is 12.5 Å². The molecule has 0 spiro atoms. The van der Waals surface area contributed by atoms with E-state index in [1.54, 1.807) is 0 Å². The second-order valence-electron chi connectivity index (χ2n) is 7.58. The van der Waals surface area contributed by atoms with Crippen LogP contribution >= 0.6 is 0 Å². The van der Waals surface area contributed by atoms with Crippen molar-refractivity contribution in [3.8, 4) is 0 Å². The van der Waals surface area contributed by atoms with Gasteiger partial charge in [-0.3, -0.25) is 4.79 Å². The first kappa shape index (κ1) is 18.4. The average Bonchev–Trinajstić information content (AvgIpc) is 2.36. The molecule has 1 heterocycles. The first-order chi connectivity index (χ1) is 9.71. The minimum atomic E-state index is -0.178. The Labute approximate surface area is 130 Å². The summed E-state index contributed by atoms with van der Waals surface area (Å²) in [5.41, 5.74) is 5.71. The molecule has 1 fully saturated rings. The molecular formula is C16H34N4O. The van der Waals surface area contributed by atoms with Crippen LogP contribution in [0.4, 0.5) is 0 Å². The van der Waals surface area contributed by atoms with Crippen molar-refractivity contribution in [2.24, 2.45) is 11.7 Å². The predicted octanol–water partition coefficient (Wildman–Crippen LogP) is 0.892. The summed E-state index contributed by atoms with van der Waals surface area (Å²) < 4.78 is 0. The van der Waals surface area contributed by atoms with E-state index in [0.29, 0.717) is 13.0 Å². The summed E-state index contributed by atoms with van der Waals surface area (Å²) >= 11 is 0. The maximum absolute atomic E-state index is 12.1. The van der Waals surface area contributed by atoms with Crippen molar-refractivity contribution in [3.05, 3.63) is 0 Å². The maximum atomic E-state index is 12.1. The molecule has 1 unspecified atom stereocenters. The van der Waals surface area contributed by atoms with Crippen LogP contribution in [0.15, 0.2) is 0 Å². The number of piperidine rings is 1. The molecule has 5 heteroatoms. The van der Waals surface area contributed by atoms with Crippen molar-refractivity contribution in [2.75, 3.05) is 40.3 Å². The number of likely N-dealkylation sites (tertiary alicyclic amines) is 1. The second kappa shape index (κ2) is 8.11. The van der Waals surface area contributed by atoms with Gasteiger partial charge in [-0.15, -0.1) is 0 Å². The van der Waals surface area contributed by atoms with Gasteiger partial charge in [-0.1, -0.05) is 0 Å². The van der Waals surface area contributed by atoms with Gasteiger partial charge in [-0.25, -0.2) is 0 Å². The Bertz CT molecular complexity index is 319. The quantitative estimate of drug-likeness (QED) is 0.764. The fourth-order valence-electron chi connectivity index (χ4n) is 2.90. The highest BCUT2D eigenvalue weighted by atomic mass is 16.1. The summed E-state index contributed by atoms with van der Waals surface area (Å²) in [4.78, 5) is 16.7. The smallest absolute Gasteiger partial charge is 0.222 e. The van der Waals surface area contributed by atoms with Crippen molar-refractivity contribution in [3.63, 3.8) is 0 Å². The van der Waals surface area contributed by atoms with E-state index in [1.807, 2.05) is 20.8 Å². The molecule has 1 rings (SSSR count). The summed E-state index contributed by atoms with van der Waals surface area (Å²) in [6.45, 7) is 9.94. The summed E-state index contributed by atoms with van der Waals surface area (Å²) in [5.74, 6) is 0.819. The van der Waals surface area contributed by atoms with Gasteiger partial charge in [0.2, 0.25) is 5.91 Å². The summed E-state index contributed by atoms with van der Waals surface area (Å²) in [6, 6.07) is 0.131. The summed E-state index contributed by atoms with van der Waals surface area (Å²) in [5, 5.41) is 3.02. The number of nitrogens with two attached hydrogens (primary N) is 1. The molecule has 1 amide bonds. The fourth-order valence-corrected chi connectivity index (χ4v) is 2.90. The van der Waals surface area contributed by atoms with Gasteiger partial charge in [0.25, 0.3) is 0 Å². The highest BCUT2D eigenvalue weighted by Crippen LogP contribution is 2.18. The molecule has 0 aromatic rings. The third-order valence-electron chi connectivity index (χ3n) is 4.22. The fraction of sp³-hybridized carbons (Fsp3) is 0.938. The average molecular weight is 298 g/mol. The second-order valence-corrected chi connectivity index (χ2v) is 7.58. The molecule has 124 valence electrons. The lowest BCUT2D eigenvalue weighted by molar-refractivity contribution is -0.123. The van der Waals surface area contributed by atoms with Crippen molar-refractivity contribution >= 4 is 5.91 Å². The van der Waals surface area contributed by atoms with E-state index >= 15 is 0 Å². The Morgan fingerprint density at radius 2 is 1.95 bits per heavy atom. The minimum Gasteiger partial charge on any atom is -0.351 e. The number of likely N-dealkylation sites (N-methyl/N-ethyl adjacent to an activating group) is 1. The molecule has 0 saturated carbocycles. The van der Waals surface area contributed by atoms with Gasteiger partial charge in [-0.2, -0.15) is 0 Å². The van der Waals surface area contributed by atoms with Gasteiger partial charge in [0.1, 0.15) is 0 Å². The van der Waals surface area contributed by atoms with Crippen LogP contribution in [0.5, 0.6) is 0 Å². The number of hydrogen-bond donors (Lipinski definition) is 2. The van der Waals surface area contributed by atoms with Crippen LogP contribution in [0, 0.1) is 5.92 Å². The number of rotatable bonds is 6. The number of carbonyl (C=O) groups excluding carboxylic acids is 1. The van der Waals surface area contributed by atoms with E-state index in [4.69, 9.17) is 5.73 Å². The van der Waals surface area contributed by atoms with Crippen molar-refractivity contribution in [2.45, 2.75) is 51.6 Å². The first-order valence-corrected chi connectivity index (χ1v) is 8.11. The Hall–Kier alpha value is -0.650. The molecule has 1 atom stereocenters. The van der Waals surface area contributed by atoms with E-state index in [2.05, 4.69) is 29.2 Å². The first-order valence-electron chi connectivity index (χ1n) is 8.11. The third kappa shape index (κ3) is 7.25. The van der Waals surface area contributed by atoms with Crippen LogP contribution in [0.1, 0.15) is 40.0 Å². The van der Waals surface area contributed by atoms with E-state index in [9.17, 15) is 4.79 Å². The van der Waals surface area contributed by atoms with Crippen molar-refractivity contribution < 1.29 is 4.79 Å². The van der Waals surface area contributed by atoms with Gasteiger partial charge in [0, 0.05) is 31.1 Å². The Balaban J connectivity index is 2.42. The molecule has 0 aromatic heterocycles. The molecule has 1 aliphatic heterocycles. The van der Waals surface area contributed by atoms with Crippen molar-refractivity contribution in [1.82, 2.24) is 15.1 Å². The number of carbonyl (C=O) groups is 1. The van der Waals surface area contributed by atoms with Gasteiger partial charge in [-0.05, 0) is 66.7 Å². The van der Waals surface area contributed by atoms with Crippen LogP contribution in [0.25, 0.3) is 0 Å². The highest BCUT2D eigenvalue weighted by molar-refractivity contribution is 5.77. The van der Waals surface area contributed by atoms with Crippen LogP contribution in [-0.4, -0.2) is 67.6 Å². The number of nitrogens with zero attached hydrogens (tertiary/aromatic N) is 2. The van der Waals surface area contributed by atoms with Gasteiger partial charge < -0.3 is 20.9 Å². The molecule has 0 aromatic carbocycles. The highest BCUT2D eigenvalue weighted by Gasteiger charge is 2.24. The van der Waals surface area contributed by atoms with Crippen LogP contribution in [-0.2, 0) is 4.79 Å². The molecule has 5 nitrogen and oxygen atoms in total. The normalized spacial score (nSPS) is 19.8. The lowest BCUT2D eigenvalue weighted by atomic mass is 9.96. The van der Waals surface area contributed by atoms with E-state index in [-0.39, 0.29) is 17.5 Å². The Kier molecular flexibility index (Phi) is 7.10. The zero-order valence-electron chi connectivity index (χ0n) is 14.5. The zero-order valence-corrected chi connectivity index (χ0v) is 14.5. The molecular weight excluding hydrogens is 264 g/mol. The summed E-state index contributed by atoms with van der Waals surface area (Å²) in [7, 11) is 4.28. The largest absolute Gasteiger partial charge is 0.351 e. The molecule has 0 aliphatic carbocycles. The Morgan fingerprint density at radius 3 is 2.43 bits per heavy atom. The molecule has 1 saturated heterocycles. The predicted molar refractivity (Wildman–Crippen MR) is 88.2 cm³/mol. The van der Waals surface area contributed by atoms with Crippen LogP contribution < -0.4 is 11.1 Å². The molecule has 1 aliphatic rings. The standard InChI is InChI=1S/C16H34N4O/c1-16(2,3)18-15(21)10-14(11-17)20(5)12-13-6-8-19(4)9-7-13/h13-14H,6-12,17H2,1-5H3,(H,18,21). The van der Waals surface area contributed by atoms with Crippen LogP contribution in [0.3, 0.4) is 0 Å². The van der Waals surface area contributed by atoms with Gasteiger partial charge >= 0.3 is 0 Å². The molecule has 3 N–H and O–H groups in total. The molecule has 0 radical (unpaired) electrons. The summed E-state index contributed by atoms with van der Waals surface area (Å²) in [6.07, 6.45) is 2.97. The van der Waals surface area contributed by atoms with Gasteiger partial charge in [0.15, 0.2) is 0 Å².